The fourth-order valence-corrected chi connectivity index (χ4v) is 1.91. The standard InChI is InChI=1S/C12H15BrO2/c1-8(2)6-12(14)10-5-4-9(15-3)7-11(10)13/h4-5,7-8H,6H2,1-3H3. The molecule has 0 heterocycles. The number of methoxy groups -OCH3 is 1. The van der Waals surface area contributed by atoms with Crippen molar-refractivity contribution in [2.45, 2.75) is 20.3 Å². The van der Waals surface area contributed by atoms with E-state index in [2.05, 4.69) is 15.9 Å². The van der Waals surface area contributed by atoms with E-state index >= 15 is 0 Å². The van der Waals surface area contributed by atoms with Gasteiger partial charge in [-0.2, -0.15) is 0 Å². The maximum Gasteiger partial charge on any atom is 0.164 e. The van der Waals surface area contributed by atoms with Crippen molar-refractivity contribution in [2.75, 3.05) is 7.11 Å². The van der Waals surface area contributed by atoms with Crippen LogP contribution in [0.25, 0.3) is 0 Å². The fraction of sp³-hybridized carbons (Fsp3) is 0.417. The summed E-state index contributed by atoms with van der Waals surface area (Å²) in [6.45, 7) is 4.07. The first-order valence-corrected chi connectivity index (χ1v) is 5.70. The predicted molar refractivity (Wildman–Crippen MR) is 64.5 cm³/mol. The summed E-state index contributed by atoms with van der Waals surface area (Å²) in [4.78, 5) is 11.8. The molecule has 0 aliphatic carbocycles. The highest BCUT2D eigenvalue weighted by molar-refractivity contribution is 9.10. The summed E-state index contributed by atoms with van der Waals surface area (Å²) in [5.41, 5.74) is 0.726. The molecule has 0 radical (unpaired) electrons. The Bertz CT molecular complexity index is 359. The minimum Gasteiger partial charge on any atom is -0.497 e. The maximum atomic E-state index is 11.8. The third kappa shape index (κ3) is 3.34. The summed E-state index contributed by atoms with van der Waals surface area (Å²) in [6.07, 6.45) is 0.574. The molecule has 0 amide bonds. The van der Waals surface area contributed by atoms with E-state index in [1.807, 2.05) is 19.9 Å². The van der Waals surface area contributed by atoms with E-state index in [0.717, 1.165) is 15.8 Å². The van der Waals surface area contributed by atoms with Crippen molar-refractivity contribution >= 4 is 21.7 Å². The van der Waals surface area contributed by atoms with Crippen LogP contribution in [0.1, 0.15) is 30.6 Å². The molecule has 1 rings (SSSR count). The molecule has 1 aromatic rings. The van der Waals surface area contributed by atoms with Gasteiger partial charge in [0.15, 0.2) is 5.78 Å². The molecule has 15 heavy (non-hydrogen) atoms. The Morgan fingerprint density at radius 1 is 1.47 bits per heavy atom. The highest BCUT2D eigenvalue weighted by Crippen LogP contribution is 2.24. The number of ketones is 1. The van der Waals surface area contributed by atoms with E-state index in [-0.39, 0.29) is 5.78 Å². The van der Waals surface area contributed by atoms with E-state index in [0.29, 0.717) is 12.3 Å². The molecule has 0 bridgehead atoms. The largest absolute Gasteiger partial charge is 0.497 e. The number of carbonyl (C=O) groups is 1. The normalized spacial score (nSPS) is 10.5. The van der Waals surface area contributed by atoms with Crippen LogP contribution in [0, 0.1) is 5.92 Å². The second-order valence-electron chi connectivity index (χ2n) is 3.87. The Kier molecular flexibility index (Phi) is 4.33. The molecule has 0 atom stereocenters. The molecule has 1 aromatic carbocycles. The number of hydrogen-bond donors (Lipinski definition) is 0. The third-order valence-corrected chi connectivity index (χ3v) is 2.73. The monoisotopic (exact) mass is 270 g/mol. The number of benzene rings is 1. The lowest BCUT2D eigenvalue weighted by Gasteiger charge is -2.07. The molecule has 82 valence electrons. The lowest BCUT2D eigenvalue weighted by Crippen LogP contribution is -2.04. The van der Waals surface area contributed by atoms with Crippen molar-refractivity contribution in [3.05, 3.63) is 28.2 Å². The van der Waals surface area contributed by atoms with Gasteiger partial charge < -0.3 is 4.74 Å². The van der Waals surface area contributed by atoms with E-state index in [1.165, 1.54) is 0 Å². The first-order valence-electron chi connectivity index (χ1n) is 4.91. The van der Waals surface area contributed by atoms with Gasteiger partial charge in [0.25, 0.3) is 0 Å². The lowest BCUT2D eigenvalue weighted by molar-refractivity contribution is 0.0967. The van der Waals surface area contributed by atoms with Gasteiger partial charge in [0, 0.05) is 16.5 Å². The van der Waals surface area contributed by atoms with Crippen molar-refractivity contribution in [2.24, 2.45) is 5.92 Å². The zero-order valence-electron chi connectivity index (χ0n) is 9.21. The summed E-state index contributed by atoms with van der Waals surface area (Å²) >= 11 is 3.38. The minimum atomic E-state index is 0.166. The molecule has 0 N–H and O–H groups in total. The van der Waals surface area contributed by atoms with Crippen molar-refractivity contribution < 1.29 is 9.53 Å². The number of ether oxygens (including phenoxy) is 1. The van der Waals surface area contributed by atoms with Gasteiger partial charge >= 0.3 is 0 Å². The third-order valence-electron chi connectivity index (χ3n) is 2.07. The Balaban J connectivity index is 2.90. The van der Waals surface area contributed by atoms with Crippen LogP contribution in [-0.4, -0.2) is 12.9 Å². The van der Waals surface area contributed by atoms with Gasteiger partial charge in [0.05, 0.1) is 7.11 Å². The molecule has 0 saturated heterocycles. The highest BCUT2D eigenvalue weighted by Gasteiger charge is 2.12. The molecule has 0 aliphatic heterocycles. The van der Waals surface area contributed by atoms with Gasteiger partial charge in [-0.3, -0.25) is 4.79 Å². The molecule has 3 heteroatoms. The zero-order chi connectivity index (χ0) is 11.4. The van der Waals surface area contributed by atoms with Gasteiger partial charge in [-0.15, -0.1) is 0 Å². The van der Waals surface area contributed by atoms with E-state index < -0.39 is 0 Å². The van der Waals surface area contributed by atoms with Crippen molar-refractivity contribution in [1.82, 2.24) is 0 Å². The predicted octanol–water partition coefficient (Wildman–Crippen LogP) is 3.69. The zero-order valence-corrected chi connectivity index (χ0v) is 10.8. The Labute approximate surface area is 98.8 Å². The lowest BCUT2D eigenvalue weighted by atomic mass is 10.0. The quantitative estimate of drug-likeness (QED) is 0.781. The number of halogens is 1. The number of Topliss-reactive ketones (excluding diaryl/α,β-unsaturated/α-hetero) is 1. The van der Waals surface area contributed by atoms with Crippen LogP contribution in [0.4, 0.5) is 0 Å². The summed E-state index contributed by atoms with van der Waals surface area (Å²) in [6, 6.07) is 5.42. The maximum absolute atomic E-state index is 11.8. The van der Waals surface area contributed by atoms with Crippen LogP contribution in [0.3, 0.4) is 0 Å². The molecule has 0 aliphatic rings. The van der Waals surface area contributed by atoms with E-state index in [4.69, 9.17) is 4.74 Å². The summed E-state index contributed by atoms with van der Waals surface area (Å²) < 4.78 is 5.87. The topological polar surface area (TPSA) is 26.3 Å². The van der Waals surface area contributed by atoms with Crippen molar-refractivity contribution in [3.8, 4) is 5.75 Å². The Morgan fingerprint density at radius 3 is 2.60 bits per heavy atom. The fourth-order valence-electron chi connectivity index (χ4n) is 1.33. The molecule has 0 aromatic heterocycles. The number of hydrogen-bond acceptors (Lipinski definition) is 2. The summed E-state index contributed by atoms with van der Waals surface area (Å²) in [5.74, 6) is 1.30. The van der Waals surface area contributed by atoms with Crippen molar-refractivity contribution in [1.29, 1.82) is 0 Å². The highest BCUT2D eigenvalue weighted by atomic mass is 79.9. The van der Waals surface area contributed by atoms with Gasteiger partial charge in [0.2, 0.25) is 0 Å². The number of carbonyl (C=O) groups excluding carboxylic acids is 1. The average Bonchev–Trinajstić information content (AvgIpc) is 2.16. The van der Waals surface area contributed by atoms with Crippen LogP contribution in [0.15, 0.2) is 22.7 Å². The molecule has 0 saturated carbocycles. The van der Waals surface area contributed by atoms with Crippen LogP contribution in [-0.2, 0) is 0 Å². The van der Waals surface area contributed by atoms with Gasteiger partial charge in [-0.25, -0.2) is 0 Å². The van der Waals surface area contributed by atoms with Crippen LogP contribution in [0.2, 0.25) is 0 Å². The smallest absolute Gasteiger partial charge is 0.164 e. The molecule has 0 spiro atoms. The molecular formula is C12H15BrO2. The van der Waals surface area contributed by atoms with E-state index in [1.54, 1.807) is 19.2 Å². The van der Waals surface area contributed by atoms with Crippen LogP contribution in [0.5, 0.6) is 5.75 Å². The first-order chi connectivity index (χ1) is 7.04. The Morgan fingerprint density at radius 2 is 2.13 bits per heavy atom. The van der Waals surface area contributed by atoms with Gasteiger partial charge in [0.1, 0.15) is 5.75 Å². The summed E-state index contributed by atoms with van der Waals surface area (Å²) in [7, 11) is 1.61. The summed E-state index contributed by atoms with van der Waals surface area (Å²) in [5, 5.41) is 0. The van der Waals surface area contributed by atoms with Gasteiger partial charge in [-0.1, -0.05) is 13.8 Å². The van der Waals surface area contributed by atoms with Crippen molar-refractivity contribution in [3.63, 3.8) is 0 Å². The molecule has 0 unspecified atom stereocenters. The first kappa shape index (κ1) is 12.2. The van der Waals surface area contributed by atoms with Gasteiger partial charge in [-0.05, 0) is 40.0 Å². The Hall–Kier alpha value is -0.830. The second kappa shape index (κ2) is 5.31. The van der Waals surface area contributed by atoms with E-state index in [9.17, 15) is 4.79 Å². The molecule has 0 fully saturated rings. The average molecular weight is 271 g/mol. The SMILES string of the molecule is COc1ccc(C(=O)CC(C)C)c(Br)c1. The minimum absolute atomic E-state index is 0.166. The van der Waals surface area contributed by atoms with Crippen LogP contribution >= 0.6 is 15.9 Å². The number of rotatable bonds is 4. The molecular weight excluding hydrogens is 256 g/mol. The molecule has 2 nitrogen and oxygen atoms in total. The van der Waals surface area contributed by atoms with Crippen LogP contribution < -0.4 is 4.74 Å². The second-order valence-corrected chi connectivity index (χ2v) is 4.72.